The molecule has 0 aliphatic heterocycles. The topological polar surface area (TPSA) is 0 Å². The van der Waals surface area contributed by atoms with Gasteiger partial charge in [0.05, 0.1) is 0 Å². The standard InChI is InChI=1S/C8H15/c1-3-7-5-8(4-2)6-7/h7H,3-6H2,1-2H3. The van der Waals surface area contributed by atoms with Crippen LogP contribution in [0.3, 0.4) is 0 Å². The highest BCUT2D eigenvalue weighted by Gasteiger charge is 2.25. The van der Waals surface area contributed by atoms with Crippen LogP contribution < -0.4 is 0 Å². The Bertz CT molecular complexity index is 52.4. The molecule has 0 aromatic carbocycles. The summed E-state index contributed by atoms with van der Waals surface area (Å²) in [5, 5.41) is 0. The lowest BCUT2D eigenvalue weighted by atomic mass is 9.72. The first kappa shape index (κ1) is 6.12. The SMILES string of the molecule is CC[C]1CC(CC)C1. The maximum absolute atomic E-state index is 2.29. The summed E-state index contributed by atoms with van der Waals surface area (Å²) < 4.78 is 0. The van der Waals surface area contributed by atoms with E-state index in [-0.39, 0.29) is 0 Å². The summed E-state index contributed by atoms with van der Waals surface area (Å²) in [6, 6.07) is 0. The molecule has 1 aliphatic carbocycles. The molecule has 47 valence electrons. The van der Waals surface area contributed by atoms with Crippen molar-refractivity contribution in [1.29, 1.82) is 0 Å². The third-order valence-electron chi connectivity index (χ3n) is 2.23. The number of hydrogen-bond acceptors (Lipinski definition) is 0. The van der Waals surface area contributed by atoms with E-state index in [4.69, 9.17) is 0 Å². The van der Waals surface area contributed by atoms with E-state index in [0.717, 1.165) is 5.92 Å². The normalized spacial score (nSPS) is 23.2. The van der Waals surface area contributed by atoms with Gasteiger partial charge in [-0.3, -0.25) is 0 Å². The van der Waals surface area contributed by atoms with Crippen molar-refractivity contribution in [1.82, 2.24) is 0 Å². The minimum atomic E-state index is 1.06. The lowest BCUT2D eigenvalue weighted by Gasteiger charge is -2.33. The van der Waals surface area contributed by atoms with E-state index in [1.54, 1.807) is 5.92 Å². The minimum absolute atomic E-state index is 1.06. The summed E-state index contributed by atoms with van der Waals surface area (Å²) in [5.74, 6) is 2.85. The summed E-state index contributed by atoms with van der Waals surface area (Å²) in [6.45, 7) is 4.55. The molecule has 0 unspecified atom stereocenters. The van der Waals surface area contributed by atoms with Gasteiger partial charge in [0.1, 0.15) is 0 Å². The van der Waals surface area contributed by atoms with E-state index in [1.165, 1.54) is 25.7 Å². The highest BCUT2D eigenvalue weighted by atomic mass is 14.3. The molecular weight excluding hydrogens is 96.1 g/mol. The summed E-state index contributed by atoms with van der Waals surface area (Å²) in [5.41, 5.74) is 0. The van der Waals surface area contributed by atoms with Gasteiger partial charge in [-0.2, -0.15) is 0 Å². The monoisotopic (exact) mass is 111 g/mol. The Labute approximate surface area is 52.3 Å². The lowest BCUT2D eigenvalue weighted by Crippen LogP contribution is -2.19. The molecule has 0 nitrogen and oxygen atoms in total. The van der Waals surface area contributed by atoms with Gasteiger partial charge >= 0.3 is 0 Å². The quantitative estimate of drug-likeness (QED) is 0.514. The van der Waals surface area contributed by atoms with Gasteiger partial charge in [-0.1, -0.05) is 20.3 Å². The van der Waals surface area contributed by atoms with Crippen LogP contribution in [-0.2, 0) is 0 Å². The first-order chi connectivity index (χ1) is 3.86. The molecule has 1 fully saturated rings. The first-order valence-corrected chi connectivity index (χ1v) is 3.70. The van der Waals surface area contributed by atoms with Crippen LogP contribution in [0.4, 0.5) is 0 Å². The van der Waals surface area contributed by atoms with E-state index >= 15 is 0 Å². The highest BCUT2D eigenvalue weighted by molar-refractivity contribution is 5.01. The zero-order valence-corrected chi connectivity index (χ0v) is 5.91. The average molecular weight is 111 g/mol. The van der Waals surface area contributed by atoms with Gasteiger partial charge in [0.2, 0.25) is 0 Å². The Morgan fingerprint density at radius 2 is 2.00 bits per heavy atom. The van der Waals surface area contributed by atoms with Crippen molar-refractivity contribution >= 4 is 0 Å². The van der Waals surface area contributed by atoms with Crippen molar-refractivity contribution in [2.24, 2.45) is 5.92 Å². The second-order valence-corrected chi connectivity index (χ2v) is 2.79. The maximum Gasteiger partial charge on any atom is -0.0238 e. The molecule has 0 heteroatoms. The highest BCUT2D eigenvalue weighted by Crippen LogP contribution is 2.39. The third kappa shape index (κ3) is 1.04. The van der Waals surface area contributed by atoms with Gasteiger partial charge < -0.3 is 0 Å². The van der Waals surface area contributed by atoms with Crippen LogP contribution in [0.1, 0.15) is 39.5 Å². The Morgan fingerprint density at radius 3 is 2.38 bits per heavy atom. The van der Waals surface area contributed by atoms with Crippen LogP contribution in [0.15, 0.2) is 0 Å². The Kier molecular flexibility index (Phi) is 1.93. The summed E-state index contributed by atoms with van der Waals surface area (Å²) in [4.78, 5) is 0. The lowest BCUT2D eigenvalue weighted by molar-refractivity contribution is 0.330. The van der Waals surface area contributed by atoms with Crippen molar-refractivity contribution in [2.75, 3.05) is 0 Å². The van der Waals surface area contributed by atoms with Crippen LogP contribution in [0.25, 0.3) is 0 Å². The fourth-order valence-corrected chi connectivity index (χ4v) is 1.33. The molecule has 8 heavy (non-hydrogen) atoms. The zero-order chi connectivity index (χ0) is 5.98. The van der Waals surface area contributed by atoms with E-state index in [1.807, 2.05) is 0 Å². The minimum Gasteiger partial charge on any atom is -0.0651 e. The van der Waals surface area contributed by atoms with Crippen LogP contribution in [-0.4, -0.2) is 0 Å². The molecule has 0 aromatic heterocycles. The van der Waals surface area contributed by atoms with Gasteiger partial charge in [-0.15, -0.1) is 0 Å². The first-order valence-electron chi connectivity index (χ1n) is 3.70. The molecule has 1 saturated carbocycles. The molecule has 0 saturated heterocycles. The zero-order valence-electron chi connectivity index (χ0n) is 5.91. The molecule has 0 spiro atoms. The van der Waals surface area contributed by atoms with Crippen molar-refractivity contribution < 1.29 is 0 Å². The fourth-order valence-electron chi connectivity index (χ4n) is 1.33. The number of rotatable bonds is 2. The second kappa shape index (κ2) is 2.52. The van der Waals surface area contributed by atoms with E-state index in [9.17, 15) is 0 Å². The largest absolute Gasteiger partial charge is 0.0651 e. The molecule has 0 bridgehead atoms. The van der Waals surface area contributed by atoms with Gasteiger partial charge in [0.15, 0.2) is 0 Å². The molecule has 1 aliphatic rings. The van der Waals surface area contributed by atoms with Crippen molar-refractivity contribution in [2.45, 2.75) is 39.5 Å². The molecule has 1 radical (unpaired) electrons. The van der Waals surface area contributed by atoms with Gasteiger partial charge in [-0.05, 0) is 31.1 Å². The van der Waals surface area contributed by atoms with Crippen molar-refractivity contribution in [3.8, 4) is 0 Å². The molecule has 0 amide bonds. The smallest absolute Gasteiger partial charge is 0.0238 e. The fraction of sp³-hybridized carbons (Fsp3) is 0.875. The molecule has 0 aromatic rings. The summed E-state index contributed by atoms with van der Waals surface area (Å²) >= 11 is 0. The second-order valence-electron chi connectivity index (χ2n) is 2.79. The van der Waals surface area contributed by atoms with Crippen molar-refractivity contribution in [3.63, 3.8) is 0 Å². The molecule has 0 heterocycles. The van der Waals surface area contributed by atoms with Gasteiger partial charge in [0.25, 0.3) is 0 Å². The van der Waals surface area contributed by atoms with Gasteiger partial charge in [0, 0.05) is 0 Å². The van der Waals surface area contributed by atoms with Crippen LogP contribution >= 0.6 is 0 Å². The van der Waals surface area contributed by atoms with Crippen molar-refractivity contribution in [3.05, 3.63) is 5.92 Å². The Balaban J connectivity index is 2.03. The van der Waals surface area contributed by atoms with Crippen LogP contribution in [0.2, 0.25) is 0 Å². The summed E-state index contributed by atoms with van der Waals surface area (Å²) in [7, 11) is 0. The van der Waals surface area contributed by atoms with Gasteiger partial charge in [-0.25, -0.2) is 0 Å². The van der Waals surface area contributed by atoms with Crippen LogP contribution in [0, 0.1) is 11.8 Å². The molecular formula is C8H15. The number of hydrogen-bond donors (Lipinski definition) is 0. The average Bonchev–Trinajstić information content (AvgIpc) is 1.65. The van der Waals surface area contributed by atoms with E-state index in [2.05, 4.69) is 13.8 Å². The Hall–Kier alpha value is 0. The van der Waals surface area contributed by atoms with Crippen LogP contribution in [0.5, 0.6) is 0 Å². The molecule has 0 N–H and O–H groups in total. The molecule has 0 atom stereocenters. The maximum atomic E-state index is 2.29. The predicted molar refractivity (Wildman–Crippen MR) is 36.5 cm³/mol. The third-order valence-corrected chi connectivity index (χ3v) is 2.23. The molecule has 1 rings (SSSR count). The Morgan fingerprint density at radius 1 is 1.38 bits per heavy atom. The van der Waals surface area contributed by atoms with E-state index < -0.39 is 0 Å². The summed E-state index contributed by atoms with van der Waals surface area (Å²) in [6.07, 6.45) is 5.60. The van der Waals surface area contributed by atoms with E-state index in [0.29, 0.717) is 0 Å². The predicted octanol–water partition coefficient (Wildman–Crippen LogP) is 2.79.